The van der Waals surface area contributed by atoms with E-state index in [1.54, 1.807) is 0 Å². The third kappa shape index (κ3) is 2.68. The second kappa shape index (κ2) is 4.95. The largest absolute Gasteiger partial charge is 0.357 e. The molecule has 2 nitrogen and oxygen atoms in total. The van der Waals surface area contributed by atoms with E-state index in [1.165, 1.54) is 11.4 Å². The smallest absolute Gasteiger partial charge is 0.0386 e. The fourth-order valence-corrected chi connectivity index (χ4v) is 1.21. The highest BCUT2D eigenvalue weighted by Gasteiger charge is 1.90. The number of rotatable bonds is 3. The second-order valence-electron chi connectivity index (χ2n) is 2.44. The van der Waals surface area contributed by atoms with Gasteiger partial charge < -0.3 is 11.1 Å². The molecule has 0 aliphatic rings. The Morgan fingerprint density at radius 1 is 1.58 bits per heavy atom. The quantitative estimate of drug-likeness (QED) is 0.488. The summed E-state index contributed by atoms with van der Waals surface area (Å²) in [6.45, 7) is 0.597. The van der Waals surface area contributed by atoms with Gasteiger partial charge in [0.1, 0.15) is 0 Å². The average Bonchev–Trinajstić information content (AvgIpc) is 2.15. The van der Waals surface area contributed by atoms with Gasteiger partial charge >= 0.3 is 0 Å². The Bertz CT molecular complexity index is 271. The standard InChI is InChI=1S/C9H14N2S/c1-12-7-11-9-4-2-3-8(5-9)6-10/h2-5,7,11-12H,6,10H2,1H3. The first-order valence-corrected chi connectivity index (χ1v) is 5.24. The number of hydrogen-bond donors (Lipinski definition) is 3. The van der Waals surface area contributed by atoms with Gasteiger partial charge in [-0.25, -0.2) is 0 Å². The van der Waals surface area contributed by atoms with Crippen molar-refractivity contribution in [3.63, 3.8) is 0 Å². The van der Waals surface area contributed by atoms with Gasteiger partial charge in [0, 0.05) is 17.7 Å². The minimum atomic E-state index is 0.597. The molecule has 1 aromatic carbocycles. The van der Waals surface area contributed by atoms with Crippen molar-refractivity contribution in [2.24, 2.45) is 5.73 Å². The summed E-state index contributed by atoms with van der Waals surface area (Å²) in [5, 5.41) is 3.18. The fourth-order valence-electron chi connectivity index (χ4n) is 0.927. The van der Waals surface area contributed by atoms with Crippen LogP contribution >= 0.6 is 11.4 Å². The number of nitrogens with one attached hydrogen (secondary N) is 1. The predicted molar refractivity (Wildman–Crippen MR) is 58.9 cm³/mol. The molecule has 0 atom stereocenters. The Morgan fingerprint density at radius 3 is 3.08 bits per heavy atom. The van der Waals surface area contributed by atoms with Crippen molar-refractivity contribution in [3.05, 3.63) is 29.8 Å². The van der Waals surface area contributed by atoms with Gasteiger partial charge in [-0.05, 0) is 24.0 Å². The lowest BCUT2D eigenvalue weighted by Gasteiger charge is -2.02. The molecule has 3 N–H and O–H groups in total. The molecule has 0 fully saturated rings. The molecule has 0 amide bonds. The van der Waals surface area contributed by atoms with E-state index < -0.39 is 0 Å². The lowest BCUT2D eigenvalue weighted by molar-refractivity contribution is 1.07. The first kappa shape index (κ1) is 9.29. The van der Waals surface area contributed by atoms with Crippen LogP contribution in [-0.2, 0) is 6.54 Å². The summed E-state index contributed by atoms with van der Waals surface area (Å²) in [5.74, 6) is 0. The first-order valence-electron chi connectivity index (χ1n) is 3.83. The summed E-state index contributed by atoms with van der Waals surface area (Å²) >= 11 is 1.23. The topological polar surface area (TPSA) is 38.0 Å². The van der Waals surface area contributed by atoms with Gasteiger partial charge in [-0.2, -0.15) is 11.4 Å². The lowest BCUT2D eigenvalue weighted by Crippen LogP contribution is -1.98. The minimum absolute atomic E-state index is 0.597. The van der Waals surface area contributed by atoms with Crippen LogP contribution < -0.4 is 11.1 Å². The van der Waals surface area contributed by atoms with E-state index in [0.29, 0.717) is 6.54 Å². The SMILES string of the molecule is C[SH]=CNc1cccc(CN)c1. The number of anilines is 1. The highest BCUT2D eigenvalue weighted by atomic mass is 32.1. The van der Waals surface area contributed by atoms with Crippen LogP contribution in [0.4, 0.5) is 5.69 Å². The summed E-state index contributed by atoms with van der Waals surface area (Å²) in [6, 6.07) is 8.11. The van der Waals surface area contributed by atoms with Crippen LogP contribution in [0.5, 0.6) is 0 Å². The zero-order valence-corrected chi connectivity index (χ0v) is 8.01. The van der Waals surface area contributed by atoms with Gasteiger partial charge in [0.05, 0.1) is 0 Å². The predicted octanol–water partition coefficient (Wildman–Crippen LogP) is 1.41. The van der Waals surface area contributed by atoms with Crippen LogP contribution in [0.3, 0.4) is 0 Å². The Balaban J connectivity index is 2.72. The molecule has 0 bridgehead atoms. The van der Waals surface area contributed by atoms with Gasteiger partial charge in [-0.15, -0.1) is 0 Å². The first-order chi connectivity index (χ1) is 5.86. The molecule has 0 aromatic heterocycles. The number of hydrogen-bond acceptors (Lipinski definition) is 1. The Labute approximate surface area is 76.7 Å². The number of benzene rings is 1. The van der Waals surface area contributed by atoms with Crippen molar-refractivity contribution in [1.29, 1.82) is 0 Å². The highest BCUT2D eigenvalue weighted by molar-refractivity contribution is 7.97. The molecular weight excluding hydrogens is 168 g/mol. The van der Waals surface area contributed by atoms with Crippen molar-refractivity contribution < 1.29 is 0 Å². The van der Waals surface area contributed by atoms with Crippen molar-refractivity contribution in [2.75, 3.05) is 11.6 Å². The summed E-state index contributed by atoms with van der Waals surface area (Å²) < 4.78 is 0. The molecule has 66 valence electrons. The Morgan fingerprint density at radius 2 is 2.42 bits per heavy atom. The summed E-state index contributed by atoms with van der Waals surface area (Å²) in [4.78, 5) is 0. The molecule has 12 heavy (non-hydrogen) atoms. The zero-order valence-electron chi connectivity index (χ0n) is 7.12. The van der Waals surface area contributed by atoms with Gasteiger partial charge in [0.15, 0.2) is 0 Å². The molecule has 0 heterocycles. The van der Waals surface area contributed by atoms with Crippen LogP contribution in [-0.4, -0.2) is 11.7 Å². The van der Waals surface area contributed by atoms with E-state index in [9.17, 15) is 0 Å². The maximum atomic E-state index is 5.51. The van der Waals surface area contributed by atoms with Crippen molar-refractivity contribution >= 4 is 22.5 Å². The van der Waals surface area contributed by atoms with Crippen LogP contribution in [0, 0.1) is 0 Å². The highest BCUT2D eigenvalue weighted by Crippen LogP contribution is 2.08. The number of nitrogens with two attached hydrogens (primary N) is 1. The monoisotopic (exact) mass is 182 g/mol. The minimum Gasteiger partial charge on any atom is -0.357 e. The number of thiol groups is 1. The van der Waals surface area contributed by atoms with Gasteiger partial charge in [0.2, 0.25) is 0 Å². The Hall–Kier alpha value is -0.800. The Kier molecular flexibility index (Phi) is 3.84. The van der Waals surface area contributed by atoms with Gasteiger partial charge in [0.25, 0.3) is 0 Å². The van der Waals surface area contributed by atoms with Gasteiger partial charge in [-0.3, -0.25) is 0 Å². The summed E-state index contributed by atoms with van der Waals surface area (Å²) in [7, 11) is 0. The van der Waals surface area contributed by atoms with E-state index >= 15 is 0 Å². The molecular formula is C9H14N2S. The fraction of sp³-hybridized carbons (Fsp3) is 0.222. The van der Waals surface area contributed by atoms with E-state index in [2.05, 4.69) is 17.6 Å². The molecule has 0 spiro atoms. The van der Waals surface area contributed by atoms with Crippen molar-refractivity contribution in [3.8, 4) is 0 Å². The molecule has 3 heteroatoms. The summed E-state index contributed by atoms with van der Waals surface area (Å²) in [5.41, 5.74) is 9.76. The van der Waals surface area contributed by atoms with E-state index in [4.69, 9.17) is 5.73 Å². The van der Waals surface area contributed by atoms with E-state index in [1.807, 2.05) is 23.7 Å². The van der Waals surface area contributed by atoms with Crippen LogP contribution in [0.2, 0.25) is 0 Å². The van der Waals surface area contributed by atoms with Crippen LogP contribution in [0.15, 0.2) is 24.3 Å². The maximum Gasteiger partial charge on any atom is 0.0386 e. The third-order valence-electron chi connectivity index (χ3n) is 1.52. The molecule has 1 rings (SSSR count). The van der Waals surface area contributed by atoms with Crippen molar-refractivity contribution in [1.82, 2.24) is 0 Å². The lowest BCUT2D eigenvalue weighted by atomic mass is 10.2. The molecule has 0 aliphatic carbocycles. The molecule has 0 saturated heterocycles. The van der Waals surface area contributed by atoms with Gasteiger partial charge in [-0.1, -0.05) is 12.1 Å². The molecule has 0 saturated carbocycles. The van der Waals surface area contributed by atoms with Crippen LogP contribution in [0.25, 0.3) is 0 Å². The molecule has 0 aliphatic heterocycles. The molecule has 0 unspecified atom stereocenters. The maximum absolute atomic E-state index is 5.51. The van der Waals surface area contributed by atoms with Crippen molar-refractivity contribution in [2.45, 2.75) is 6.54 Å². The molecule has 1 aromatic rings. The van der Waals surface area contributed by atoms with E-state index in [0.717, 1.165) is 11.3 Å². The molecule has 0 radical (unpaired) electrons. The summed E-state index contributed by atoms with van der Waals surface area (Å²) in [6.07, 6.45) is 2.07. The van der Waals surface area contributed by atoms with Crippen LogP contribution in [0.1, 0.15) is 5.56 Å². The zero-order chi connectivity index (χ0) is 8.81. The average molecular weight is 182 g/mol. The third-order valence-corrected chi connectivity index (χ3v) is 1.91. The second-order valence-corrected chi connectivity index (χ2v) is 3.21. The normalized spacial score (nSPS) is 11.2. The van der Waals surface area contributed by atoms with E-state index in [-0.39, 0.29) is 0 Å².